The fourth-order valence-electron chi connectivity index (χ4n) is 1.44. The van der Waals surface area contributed by atoms with E-state index in [0.717, 1.165) is 0 Å². The fraction of sp³-hybridized carbons (Fsp3) is 0.545. The van der Waals surface area contributed by atoms with E-state index < -0.39 is 9.84 Å². The first-order chi connectivity index (χ1) is 7.96. The molecular formula is C11H18N2O3S. The lowest BCUT2D eigenvalue weighted by molar-refractivity contribution is 0.396. The molecule has 0 saturated carbocycles. The predicted molar refractivity (Wildman–Crippen MR) is 66.5 cm³/mol. The van der Waals surface area contributed by atoms with Crippen molar-refractivity contribution in [1.82, 2.24) is 4.98 Å². The normalized spacial score (nSPS) is 13.4. The molecule has 0 spiro atoms. The van der Waals surface area contributed by atoms with Gasteiger partial charge in [0.25, 0.3) is 0 Å². The van der Waals surface area contributed by atoms with Crippen LogP contribution in [0.1, 0.15) is 12.6 Å². The first-order valence-electron chi connectivity index (χ1n) is 5.37. The summed E-state index contributed by atoms with van der Waals surface area (Å²) in [4.78, 5) is 4.08. The summed E-state index contributed by atoms with van der Waals surface area (Å²) in [6.45, 7) is 2.18. The summed E-state index contributed by atoms with van der Waals surface area (Å²) in [6, 6.07) is 5.08. The average Bonchev–Trinajstić information content (AvgIpc) is 2.27. The molecule has 0 aliphatic carbocycles. The monoisotopic (exact) mass is 258 g/mol. The molecule has 0 aliphatic heterocycles. The third kappa shape index (κ3) is 4.70. The average molecular weight is 258 g/mol. The molecule has 0 amide bonds. The molecule has 5 nitrogen and oxygen atoms in total. The second kappa shape index (κ2) is 5.97. The number of hydrogen-bond donors (Lipinski definition) is 1. The van der Waals surface area contributed by atoms with Gasteiger partial charge in [0.05, 0.1) is 24.3 Å². The van der Waals surface area contributed by atoms with E-state index in [1.807, 2.05) is 6.92 Å². The second-order valence-corrected chi connectivity index (χ2v) is 6.18. The van der Waals surface area contributed by atoms with Crippen molar-refractivity contribution in [2.75, 3.05) is 19.4 Å². The van der Waals surface area contributed by atoms with Crippen LogP contribution in [0.15, 0.2) is 18.2 Å². The van der Waals surface area contributed by atoms with E-state index in [1.165, 1.54) is 7.11 Å². The smallest absolute Gasteiger partial charge is 0.213 e. The van der Waals surface area contributed by atoms with E-state index in [-0.39, 0.29) is 17.4 Å². The molecule has 0 saturated heterocycles. The molecule has 0 radical (unpaired) electrons. The van der Waals surface area contributed by atoms with Crippen LogP contribution in [0.5, 0.6) is 5.88 Å². The van der Waals surface area contributed by atoms with Crippen molar-refractivity contribution in [1.29, 1.82) is 0 Å². The van der Waals surface area contributed by atoms with Gasteiger partial charge < -0.3 is 10.5 Å². The summed E-state index contributed by atoms with van der Waals surface area (Å²) in [6.07, 6.45) is 0. The van der Waals surface area contributed by atoms with Gasteiger partial charge in [-0.25, -0.2) is 13.4 Å². The Labute approximate surface area is 102 Å². The van der Waals surface area contributed by atoms with Crippen molar-refractivity contribution in [3.63, 3.8) is 0 Å². The molecule has 2 N–H and O–H groups in total. The molecule has 17 heavy (non-hydrogen) atoms. The molecule has 0 aliphatic rings. The lowest BCUT2D eigenvalue weighted by Gasteiger charge is -2.09. The molecule has 1 aromatic heterocycles. The highest BCUT2D eigenvalue weighted by atomic mass is 32.2. The van der Waals surface area contributed by atoms with Crippen molar-refractivity contribution in [3.05, 3.63) is 23.9 Å². The highest BCUT2D eigenvalue weighted by molar-refractivity contribution is 7.90. The minimum atomic E-state index is -3.17. The first kappa shape index (κ1) is 13.9. The molecule has 0 bridgehead atoms. The molecule has 1 rings (SSSR count). The van der Waals surface area contributed by atoms with Crippen LogP contribution in [0.4, 0.5) is 0 Å². The van der Waals surface area contributed by atoms with Crippen LogP contribution in [0, 0.1) is 5.92 Å². The number of pyridine rings is 1. The van der Waals surface area contributed by atoms with E-state index in [4.69, 9.17) is 10.5 Å². The van der Waals surface area contributed by atoms with Crippen molar-refractivity contribution < 1.29 is 13.2 Å². The Kier molecular flexibility index (Phi) is 4.89. The summed E-state index contributed by atoms with van der Waals surface area (Å²) < 4.78 is 28.6. The number of rotatable bonds is 6. The van der Waals surface area contributed by atoms with Crippen LogP contribution in [0.3, 0.4) is 0 Å². The fourth-order valence-corrected chi connectivity index (χ4v) is 3.17. The maximum absolute atomic E-state index is 11.8. The Morgan fingerprint density at radius 3 is 2.76 bits per heavy atom. The van der Waals surface area contributed by atoms with Gasteiger partial charge in [0.2, 0.25) is 5.88 Å². The SMILES string of the molecule is COc1cccc(CS(=O)(=O)CC(C)CN)n1. The molecule has 1 aromatic rings. The van der Waals surface area contributed by atoms with Crippen molar-refractivity contribution in [3.8, 4) is 5.88 Å². The zero-order valence-corrected chi connectivity index (χ0v) is 10.9. The summed E-state index contributed by atoms with van der Waals surface area (Å²) in [7, 11) is -1.67. The lowest BCUT2D eigenvalue weighted by atomic mass is 10.2. The zero-order valence-electron chi connectivity index (χ0n) is 10.1. The Morgan fingerprint density at radius 1 is 1.47 bits per heavy atom. The minimum Gasteiger partial charge on any atom is -0.481 e. The van der Waals surface area contributed by atoms with Gasteiger partial charge in [-0.3, -0.25) is 0 Å². The Bertz CT molecular complexity index is 460. The summed E-state index contributed by atoms with van der Waals surface area (Å²) >= 11 is 0. The van der Waals surface area contributed by atoms with Crippen LogP contribution in [-0.4, -0.2) is 32.8 Å². The zero-order chi connectivity index (χ0) is 12.9. The largest absolute Gasteiger partial charge is 0.481 e. The standard InChI is InChI=1S/C11H18N2O3S/c1-9(6-12)7-17(14,15)8-10-4-3-5-11(13-10)16-2/h3-5,9H,6-8,12H2,1-2H3. The van der Waals surface area contributed by atoms with E-state index in [9.17, 15) is 8.42 Å². The van der Waals surface area contributed by atoms with E-state index in [0.29, 0.717) is 18.1 Å². The molecule has 0 fully saturated rings. The number of ether oxygens (including phenoxy) is 1. The van der Waals surface area contributed by atoms with E-state index in [1.54, 1.807) is 18.2 Å². The molecule has 6 heteroatoms. The Hall–Kier alpha value is -1.14. The molecule has 96 valence electrons. The molecule has 1 unspecified atom stereocenters. The van der Waals surface area contributed by atoms with Gasteiger partial charge in [-0.1, -0.05) is 13.0 Å². The number of aromatic nitrogens is 1. The van der Waals surface area contributed by atoms with Crippen LogP contribution < -0.4 is 10.5 Å². The van der Waals surface area contributed by atoms with Crippen LogP contribution in [-0.2, 0) is 15.6 Å². The third-order valence-electron chi connectivity index (χ3n) is 2.30. The van der Waals surface area contributed by atoms with Crippen LogP contribution in [0.2, 0.25) is 0 Å². The van der Waals surface area contributed by atoms with E-state index >= 15 is 0 Å². The van der Waals surface area contributed by atoms with Gasteiger partial charge in [0.1, 0.15) is 0 Å². The molecule has 1 atom stereocenters. The van der Waals surface area contributed by atoms with Crippen molar-refractivity contribution in [2.24, 2.45) is 11.7 Å². The third-order valence-corrected chi connectivity index (χ3v) is 4.11. The highest BCUT2D eigenvalue weighted by Crippen LogP contribution is 2.11. The minimum absolute atomic E-state index is 0.0365. The summed E-state index contributed by atoms with van der Waals surface area (Å²) in [5.41, 5.74) is 5.91. The number of hydrogen-bond acceptors (Lipinski definition) is 5. The van der Waals surface area contributed by atoms with Crippen molar-refractivity contribution >= 4 is 9.84 Å². The maximum Gasteiger partial charge on any atom is 0.213 e. The number of methoxy groups -OCH3 is 1. The van der Waals surface area contributed by atoms with Gasteiger partial charge >= 0.3 is 0 Å². The van der Waals surface area contributed by atoms with Gasteiger partial charge in [-0.15, -0.1) is 0 Å². The van der Waals surface area contributed by atoms with Crippen molar-refractivity contribution in [2.45, 2.75) is 12.7 Å². The second-order valence-electron chi connectivity index (χ2n) is 4.07. The lowest BCUT2D eigenvalue weighted by Crippen LogP contribution is -2.22. The predicted octanol–water partition coefficient (Wildman–Crippen LogP) is 0.600. The number of sulfone groups is 1. The summed E-state index contributed by atoms with van der Waals surface area (Å²) in [5, 5.41) is 0. The molecule has 0 aromatic carbocycles. The van der Waals surface area contributed by atoms with Gasteiger partial charge in [-0.2, -0.15) is 0 Å². The Morgan fingerprint density at radius 2 is 2.18 bits per heavy atom. The van der Waals surface area contributed by atoms with E-state index in [2.05, 4.69) is 4.98 Å². The van der Waals surface area contributed by atoms with Gasteiger partial charge in [0.15, 0.2) is 9.84 Å². The maximum atomic E-state index is 11.8. The number of nitrogens with zero attached hydrogens (tertiary/aromatic N) is 1. The van der Waals surface area contributed by atoms with Gasteiger partial charge in [0, 0.05) is 6.07 Å². The molecule has 1 heterocycles. The first-order valence-corrected chi connectivity index (χ1v) is 7.19. The van der Waals surface area contributed by atoms with Crippen LogP contribution in [0.25, 0.3) is 0 Å². The summed E-state index contributed by atoms with van der Waals surface area (Å²) in [5.74, 6) is 0.395. The number of nitrogens with two attached hydrogens (primary N) is 1. The topological polar surface area (TPSA) is 82.3 Å². The highest BCUT2D eigenvalue weighted by Gasteiger charge is 2.16. The van der Waals surface area contributed by atoms with Crippen LogP contribution >= 0.6 is 0 Å². The Balaban J connectivity index is 2.75. The molecular weight excluding hydrogens is 240 g/mol. The van der Waals surface area contributed by atoms with Gasteiger partial charge in [-0.05, 0) is 18.5 Å². The quantitative estimate of drug-likeness (QED) is 0.808.